The molecule has 5 unspecified atom stereocenters. The van der Waals surface area contributed by atoms with Gasteiger partial charge in [-0.25, -0.2) is 0 Å². The number of fused-ring (bicyclic) bond motifs is 2. The van der Waals surface area contributed by atoms with Crippen LogP contribution < -0.4 is 10.6 Å². The second-order valence-electron chi connectivity index (χ2n) is 6.38. The molecule has 3 nitrogen and oxygen atoms in total. The van der Waals surface area contributed by atoms with Crippen LogP contribution in [-0.4, -0.2) is 24.5 Å². The topological polar surface area (TPSA) is 41.1 Å². The Morgan fingerprint density at radius 2 is 2.06 bits per heavy atom. The van der Waals surface area contributed by atoms with E-state index in [9.17, 15) is 4.79 Å². The Labute approximate surface area is 111 Å². The molecular weight excluding hydrogens is 224 g/mol. The maximum atomic E-state index is 11.9. The predicted octanol–water partition coefficient (Wildman–Crippen LogP) is 2.32. The Morgan fingerprint density at radius 1 is 1.28 bits per heavy atom. The highest BCUT2D eigenvalue weighted by atomic mass is 16.2. The average Bonchev–Trinajstić information content (AvgIpc) is 2.97. The molecule has 2 aliphatic rings. The molecule has 0 heterocycles. The van der Waals surface area contributed by atoms with Crippen LogP contribution in [0.2, 0.25) is 0 Å². The average molecular weight is 252 g/mol. The third-order valence-corrected chi connectivity index (χ3v) is 4.97. The second-order valence-corrected chi connectivity index (χ2v) is 6.38. The highest BCUT2D eigenvalue weighted by Crippen LogP contribution is 2.47. The number of carbonyl (C=O) groups excluding carboxylic acids is 1. The van der Waals surface area contributed by atoms with Gasteiger partial charge in [-0.3, -0.25) is 4.79 Å². The standard InChI is InChI=1S/C15H28N2O/c1-4-10(2)17-15(18)11(3)16-9-14-8-12-5-6-13(14)7-12/h10-14,16H,4-9H2,1-3H3,(H,17,18). The first-order valence-electron chi connectivity index (χ1n) is 7.63. The SMILES string of the molecule is CCC(C)NC(=O)C(C)NCC1CC2CCC1C2. The van der Waals surface area contributed by atoms with E-state index in [1.807, 2.05) is 6.92 Å². The van der Waals surface area contributed by atoms with E-state index in [1.165, 1.54) is 25.7 Å². The lowest BCUT2D eigenvalue weighted by Gasteiger charge is -2.24. The third-order valence-electron chi connectivity index (χ3n) is 4.97. The van der Waals surface area contributed by atoms with Crippen LogP contribution in [0.3, 0.4) is 0 Å². The molecule has 18 heavy (non-hydrogen) atoms. The van der Waals surface area contributed by atoms with Crippen LogP contribution in [0.15, 0.2) is 0 Å². The molecule has 2 fully saturated rings. The van der Waals surface area contributed by atoms with Crippen molar-refractivity contribution in [2.24, 2.45) is 17.8 Å². The van der Waals surface area contributed by atoms with Crippen molar-refractivity contribution in [2.75, 3.05) is 6.54 Å². The summed E-state index contributed by atoms with van der Waals surface area (Å²) in [4.78, 5) is 11.9. The molecule has 2 rings (SSSR count). The summed E-state index contributed by atoms with van der Waals surface area (Å²) in [6, 6.07) is 0.224. The van der Waals surface area contributed by atoms with Crippen LogP contribution in [0.5, 0.6) is 0 Å². The molecule has 0 radical (unpaired) electrons. The first-order valence-corrected chi connectivity index (χ1v) is 7.63. The lowest BCUT2D eigenvalue weighted by Crippen LogP contribution is -2.46. The molecular formula is C15H28N2O. The number of hydrogen-bond donors (Lipinski definition) is 2. The van der Waals surface area contributed by atoms with Crippen molar-refractivity contribution in [1.82, 2.24) is 10.6 Å². The molecule has 2 aliphatic carbocycles. The van der Waals surface area contributed by atoms with Gasteiger partial charge >= 0.3 is 0 Å². The minimum atomic E-state index is -0.0573. The Hall–Kier alpha value is -0.570. The molecule has 104 valence electrons. The van der Waals surface area contributed by atoms with E-state index in [4.69, 9.17) is 0 Å². The van der Waals surface area contributed by atoms with Crippen LogP contribution in [0.25, 0.3) is 0 Å². The summed E-state index contributed by atoms with van der Waals surface area (Å²) in [7, 11) is 0. The molecule has 0 spiro atoms. The molecule has 2 saturated carbocycles. The van der Waals surface area contributed by atoms with Crippen LogP contribution in [0.4, 0.5) is 0 Å². The van der Waals surface area contributed by atoms with Crippen LogP contribution in [-0.2, 0) is 4.79 Å². The van der Waals surface area contributed by atoms with E-state index in [2.05, 4.69) is 24.5 Å². The zero-order chi connectivity index (χ0) is 13.1. The molecule has 0 saturated heterocycles. The summed E-state index contributed by atoms with van der Waals surface area (Å²) in [5, 5.41) is 6.46. The van der Waals surface area contributed by atoms with Gasteiger partial charge in [-0.2, -0.15) is 0 Å². The molecule has 0 aromatic rings. The molecule has 5 atom stereocenters. The molecule has 2 bridgehead atoms. The number of nitrogens with one attached hydrogen (secondary N) is 2. The largest absolute Gasteiger partial charge is 0.352 e. The fraction of sp³-hybridized carbons (Fsp3) is 0.933. The smallest absolute Gasteiger partial charge is 0.237 e. The monoisotopic (exact) mass is 252 g/mol. The summed E-state index contributed by atoms with van der Waals surface area (Å²) < 4.78 is 0. The number of carbonyl (C=O) groups is 1. The minimum Gasteiger partial charge on any atom is -0.352 e. The van der Waals surface area contributed by atoms with Crippen LogP contribution in [0.1, 0.15) is 52.9 Å². The fourth-order valence-electron chi connectivity index (χ4n) is 3.52. The summed E-state index contributed by atoms with van der Waals surface area (Å²) in [5.74, 6) is 2.90. The van der Waals surface area contributed by atoms with Gasteiger partial charge in [0.2, 0.25) is 5.91 Å². The van der Waals surface area contributed by atoms with Crippen LogP contribution >= 0.6 is 0 Å². The number of hydrogen-bond acceptors (Lipinski definition) is 2. The minimum absolute atomic E-state index is 0.0573. The molecule has 0 aromatic carbocycles. The fourth-order valence-corrected chi connectivity index (χ4v) is 3.52. The van der Waals surface area contributed by atoms with Gasteiger partial charge in [-0.05, 0) is 63.8 Å². The third kappa shape index (κ3) is 3.25. The maximum absolute atomic E-state index is 11.9. The van der Waals surface area contributed by atoms with Gasteiger partial charge in [0.25, 0.3) is 0 Å². The van der Waals surface area contributed by atoms with Crippen molar-refractivity contribution in [3.8, 4) is 0 Å². The van der Waals surface area contributed by atoms with Gasteiger partial charge < -0.3 is 10.6 Å². The Bertz CT molecular complexity index is 292. The van der Waals surface area contributed by atoms with Crippen molar-refractivity contribution < 1.29 is 4.79 Å². The van der Waals surface area contributed by atoms with E-state index in [0.29, 0.717) is 0 Å². The first kappa shape index (κ1) is 13.9. The Morgan fingerprint density at radius 3 is 2.61 bits per heavy atom. The Kier molecular flexibility index (Phi) is 4.66. The molecule has 1 amide bonds. The molecule has 3 heteroatoms. The highest BCUT2D eigenvalue weighted by molar-refractivity contribution is 5.81. The van der Waals surface area contributed by atoms with E-state index in [0.717, 1.165) is 30.7 Å². The summed E-state index contributed by atoms with van der Waals surface area (Å²) in [6.45, 7) is 7.15. The molecule has 0 aromatic heterocycles. The highest BCUT2D eigenvalue weighted by Gasteiger charge is 2.39. The van der Waals surface area contributed by atoms with Gasteiger partial charge in [0.05, 0.1) is 6.04 Å². The first-order chi connectivity index (χ1) is 8.60. The van der Waals surface area contributed by atoms with Crippen molar-refractivity contribution in [3.05, 3.63) is 0 Å². The zero-order valence-corrected chi connectivity index (χ0v) is 12.0. The summed E-state index contributed by atoms with van der Waals surface area (Å²) >= 11 is 0. The molecule has 2 N–H and O–H groups in total. The van der Waals surface area contributed by atoms with E-state index >= 15 is 0 Å². The predicted molar refractivity (Wildman–Crippen MR) is 74.3 cm³/mol. The normalized spacial score (nSPS) is 33.4. The van der Waals surface area contributed by atoms with E-state index in [-0.39, 0.29) is 18.0 Å². The van der Waals surface area contributed by atoms with E-state index < -0.39 is 0 Å². The van der Waals surface area contributed by atoms with Crippen molar-refractivity contribution in [1.29, 1.82) is 0 Å². The number of rotatable bonds is 6. The van der Waals surface area contributed by atoms with Gasteiger partial charge in [0.15, 0.2) is 0 Å². The van der Waals surface area contributed by atoms with Crippen molar-refractivity contribution >= 4 is 5.91 Å². The van der Waals surface area contributed by atoms with Gasteiger partial charge in [-0.15, -0.1) is 0 Å². The zero-order valence-electron chi connectivity index (χ0n) is 12.0. The van der Waals surface area contributed by atoms with Gasteiger partial charge in [0, 0.05) is 6.04 Å². The van der Waals surface area contributed by atoms with E-state index in [1.54, 1.807) is 0 Å². The van der Waals surface area contributed by atoms with Gasteiger partial charge in [-0.1, -0.05) is 13.3 Å². The second kappa shape index (κ2) is 6.05. The quantitative estimate of drug-likeness (QED) is 0.761. The lowest BCUT2D eigenvalue weighted by molar-refractivity contribution is -0.123. The maximum Gasteiger partial charge on any atom is 0.237 e. The van der Waals surface area contributed by atoms with Gasteiger partial charge in [0.1, 0.15) is 0 Å². The number of amides is 1. The summed E-state index contributed by atoms with van der Waals surface area (Å²) in [5.41, 5.74) is 0. The Balaban J connectivity index is 1.68. The summed E-state index contributed by atoms with van der Waals surface area (Å²) in [6.07, 6.45) is 6.69. The van der Waals surface area contributed by atoms with Crippen molar-refractivity contribution in [3.63, 3.8) is 0 Å². The lowest BCUT2D eigenvalue weighted by atomic mass is 9.89. The van der Waals surface area contributed by atoms with Crippen LogP contribution in [0, 0.1) is 17.8 Å². The van der Waals surface area contributed by atoms with Crippen molar-refractivity contribution in [2.45, 2.75) is 65.0 Å². The molecule has 0 aliphatic heterocycles.